The number of carbonyl (C=O) groups excluding carboxylic acids is 1. The van der Waals surface area contributed by atoms with E-state index in [1.165, 1.54) is 5.56 Å². The molecule has 0 fully saturated rings. The molecule has 1 aromatic carbocycles. The Hall–Kier alpha value is -1.55. The first-order chi connectivity index (χ1) is 9.36. The van der Waals surface area contributed by atoms with Crippen LogP contribution in [0.5, 0.6) is 0 Å². The zero-order chi connectivity index (χ0) is 14.9. The summed E-state index contributed by atoms with van der Waals surface area (Å²) in [7, 11) is -0.261. The number of hydrogen-bond donors (Lipinski definition) is 1. The molecule has 4 heteroatoms. The average molecular weight is 289 g/mol. The minimum atomic E-state index is -1.96. The molecule has 0 aromatic heterocycles. The predicted octanol–water partition coefficient (Wildman–Crippen LogP) is 3.29. The number of rotatable bonds is 4. The Balaban J connectivity index is 2.33. The Bertz CT molecular complexity index is 549. The van der Waals surface area contributed by atoms with Gasteiger partial charge in [-0.25, -0.2) is 0 Å². The highest BCUT2D eigenvalue weighted by atomic mass is 28.3. The molecule has 1 amide bonds. The molecule has 0 radical (unpaired) electrons. The second kappa shape index (κ2) is 5.44. The number of carbonyl (C=O) groups is 1. The number of nitrogens with one attached hydrogen (secondary N) is 1. The first kappa shape index (κ1) is 14.8. The molecular weight excluding hydrogens is 266 g/mol. The van der Waals surface area contributed by atoms with Gasteiger partial charge in [-0.15, -0.1) is 0 Å². The van der Waals surface area contributed by atoms with Crippen LogP contribution in [0.15, 0.2) is 30.3 Å². The van der Waals surface area contributed by atoms with Crippen molar-refractivity contribution in [3.63, 3.8) is 0 Å². The van der Waals surface area contributed by atoms with E-state index in [9.17, 15) is 4.79 Å². The summed E-state index contributed by atoms with van der Waals surface area (Å²) in [4.78, 5) is 15.3. The van der Waals surface area contributed by atoms with E-state index in [-0.39, 0.29) is 17.4 Å². The van der Waals surface area contributed by atoms with Crippen molar-refractivity contribution in [3.8, 4) is 0 Å². The maximum absolute atomic E-state index is 12.0. The summed E-state index contributed by atoms with van der Waals surface area (Å²) in [6.07, 6.45) is 2.16. The molecule has 1 atom stereocenters. The number of allylic oxidation sites excluding steroid dienone is 1. The summed E-state index contributed by atoms with van der Waals surface area (Å²) in [6, 6.07) is 8.29. The summed E-state index contributed by atoms with van der Waals surface area (Å²) in [5.41, 5.74) is 2.68. The molecule has 1 N–H and O–H groups in total. The Labute approximate surface area is 122 Å². The van der Waals surface area contributed by atoms with Crippen LogP contribution >= 0.6 is 0 Å². The van der Waals surface area contributed by atoms with E-state index in [4.69, 9.17) is 4.74 Å². The molecule has 2 rings (SSSR count). The van der Waals surface area contributed by atoms with E-state index in [1.54, 1.807) is 7.11 Å². The predicted molar refractivity (Wildman–Crippen MR) is 84.6 cm³/mol. The van der Waals surface area contributed by atoms with Gasteiger partial charge in [0.25, 0.3) is 0 Å². The second-order valence-corrected chi connectivity index (χ2v) is 10.5. The molecule has 108 valence electrons. The van der Waals surface area contributed by atoms with Crippen molar-refractivity contribution in [1.29, 1.82) is 0 Å². The smallest absolute Gasteiger partial charge is 0.214 e. The largest absolute Gasteiger partial charge is 0.496 e. The fraction of sp³-hybridized carbons (Fsp3) is 0.438. The first-order valence-corrected chi connectivity index (χ1v) is 10.1. The molecule has 1 aliphatic carbocycles. The summed E-state index contributed by atoms with van der Waals surface area (Å²) < 4.78 is 5.49. The van der Waals surface area contributed by atoms with Crippen molar-refractivity contribution in [2.75, 3.05) is 7.11 Å². The highest BCUT2D eigenvalue weighted by molar-refractivity contribution is 6.79. The van der Waals surface area contributed by atoms with E-state index in [2.05, 4.69) is 36.3 Å². The van der Waals surface area contributed by atoms with Crippen molar-refractivity contribution in [3.05, 3.63) is 41.5 Å². The van der Waals surface area contributed by atoms with Crippen molar-refractivity contribution in [2.24, 2.45) is 5.92 Å². The van der Waals surface area contributed by atoms with Gasteiger partial charge in [-0.3, -0.25) is 4.79 Å². The molecule has 0 saturated heterocycles. The lowest BCUT2D eigenvalue weighted by molar-refractivity contribution is -0.122. The molecule has 3 nitrogen and oxygen atoms in total. The van der Waals surface area contributed by atoms with Crippen LogP contribution in [0, 0.1) is 5.92 Å². The molecule has 1 aromatic rings. The van der Waals surface area contributed by atoms with Gasteiger partial charge in [0.05, 0.1) is 7.11 Å². The zero-order valence-electron chi connectivity index (χ0n) is 12.9. The van der Waals surface area contributed by atoms with Crippen LogP contribution in [0.1, 0.15) is 30.5 Å². The van der Waals surface area contributed by atoms with Crippen molar-refractivity contribution in [2.45, 2.75) is 32.5 Å². The van der Waals surface area contributed by atoms with Gasteiger partial charge in [-0.2, -0.15) is 0 Å². The second-order valence-electron chi connectivity index (χ2n) is 6.17. The van der Waals surface area contributed by atoms with Crippen LogP contribution in [0.25, 0.3) is 5.76 Å². The summed E-state index contributed by atoms with van der Waals surface area (Å²) in [5, 5.41) is 0. The normalized spacial score (nSPS) is 17.7. The number of methoxy groups -OCH3 is 1. The Morgan fingerprint density at radius 2 is 1.95 bits per heavy atom. The molecule has 20 heavy (non-hydrogen) atoms. The summed E-state index contributed by atoms with van der Waals surface area (Å²) in [5.74, 6) is 1.08. The molecule has 0 bridgehead atoms. The van der Waals surface area contributed by atoms with E-state index in [0.29, 0.717) is 0 Å². The molecule has 0 heterocycles. The van der Waals surface area contributed by atoms with Crippen molar-refractivity contribution >= 4 is 19.9 Å². The van der Waals surface area contributed by atoms with Gasteiger partial charge in [-0.1, -0.05) is 51.2 Å². The number of amides is 1. The minimum absolute atomic E-state index is 0.0179. The van der Waals surface area contributed by atoms with Crippen LogP contribution in [-0.2, 0) is 9.53 Å². The Morgan fingerprint density at radius 3 is 2.55 bits per heavy atom. The SMILES string of the molecule is COC1=CC([Si](C)(C)NC(=O)C(C)C)c2ccccc21. The summed E-state index contributed by atoms with van der Waals surface area (Å²) >= 11 is 0. The number of hydrogen-bond acceptors (Lipinski definition) is 2. The standard InChI is InChI=1S/C16H23NO2Si/c1-11(2)16(18)17-20(4,5)15-10-14(19-3)12-8-6-7-9-13(12)15/h6-11,15H,1-5H3,(H,17,18). The van der Waals surface area contributed by atoms with Crippen molar-refractivity contribution in [1.82, 2.24) is 4.98 Å². The maximum Gasteiger partial charge on any atom is 0.214 e. The third-order valence-corrected chi connectivity index (χ3v) is 6.77. The first-order valence-electron chi connectivity index (χ1n) is 7.04. The molecule has 1 unspecified atom stereocenters. The van der Waals surface area contributed by atoms with Crippen LogP contribution in [0.4, 0.5) is 0 Å². The van der Waals surface area contributed by atoms with Gasteiger partial charge in [0, 0.05) is 17.0 Å². The molecule has 0 aliphatic heterocycles. The maximum atomic E-state index is 12.0. The molecule has 0 spiro atoms. The Morgan fingerprint density at radius 1 is 1.30 bits per heavy atom. The summed E-state index contributed by atoms with van der Waals surface area (Å²) in [6.45, 7) is 8.26. The van der Waals surface area contributed by atoms with E-state index >= 15 is 0 Å². The number of fused-ring (bicyclic) bond motifs is 1. The lowest BCUT2D eigenvalue weighted by Crippen LogP contribution is -2.53. The van der Waals surface area contributed by atoms with Gasteiger partial charge < -0.3 is 9.72 Å². The average Bonchev–Trinajstić information content (AvgIpc) is 2.77. The molecule has 0 saturated carbocycles. The van der Waals surface area contributed by atoms with Gasteiger partial charge in [0.15, 0.2) is 8.24 Å². The van der Waals surface area contributed by atoms with Gasteiger partial charge in [0.2, 0.25) is 5.91 Å². The highest BCUT2D eigenvalue weighted by Crippen LogP contribution is 2.40. The van der Waals surface area contributed by atoms with Crippen LogP contribution < -0.4 is 4.98 Å². The van der Waals surface area contributed by atoms with E-state index in [1.807, 2.05) is 26.0 Å². The number of benzene rings is 1. The van der Waals surface area contributed by atoms with Gasteiger partial charge in [0.1, 0.15) is 5.76 Å². The quantitative estimate of drug-likeness (QED) is 0.864. The number of ether oxygens (including phenoxy) is 1. The van der Waals surface area contributed by atoms with E-state index in [0.717, 1.165) is 11.3 Å². The topological polar surface area (TPSA) is 38.3 Å². The zero-order valence-corrected chi connectivity index (χ0v) is 13.9. The fourth-order valence-corrected chi connectivity index (χ4v) is 5.31. The third-order valence-electron chi connectivity index (χ3n) is 3.85. The van der Waals surface area contributed by atoms with Gasteiger partial charge in [-0.05, 0) is 11.6 Å². The van der Waals surface area contributed by atoms with Crippen LogP contribution in [0.3, 0.4) is 0 Å². The lowest BCUT2D eigenvalue weighted by Gasteiger charge is -2.30. The van der Waals surface area contributed by atoms with Gasteiger partial charge >= 0.3 is 0 Å². The Kier molecular flexibility index (Phi) is 4.04. The van der Waals surface area contributed by atoms with Crippen LogP contribution in [-0.4, -0.2) is 21.3 Å². The third kappa shape index (κ3) is 2.65. The van der Waals surface area contributed by atoms with Crippen LogP contribution in [0.2, 0.25) is 13.1 Å². The molecular formula is C16H23NO2Si. The van der Waals surface area contributed by atoms with Crippen molar-refractivity contribution < 1.29 is 9.53 Å². The highest BCUT2D eigenvalue weighted by Gasteiger charge is 2.39. The molecule has 1 aliphatic rings. The minimum Gasteiger partial charge on any atom is -0.496 e. The lowest BCUT2D eigenvalue weighted by atomic mass is 10.1. The fourth-order valence-electron chi connectivity index (χ4n) is 2.64. The monoisotopic (exact) mass is 289 g/mol. The van der Waals surface area contributed by atoms with E-state index < -0.39 is 8.24 Å².